The Balaban J connectivity index is 1.95. The number of nitrogens with two attached hydrogens (primary N) is 1. The van der Waals surface area contributed by atoms with Crippen molar-refractivity contribution in [3.8, 4) is 0 Å². The molecule has 0 saturated carbocycles. The molecule has 0 fully saturated rings. The lowest BCUT2D eigenvalue weighted by Crippen LogP contribution is -2.42. The smallest absolute Gasteiger partial charge is 0.338 e. The largest absolute Gasteiger partial charge is 0.434 e. The van der Waals surface area contributed by atoms with Crippen LogP contribution in [0, 0.1) is 0 Å². The number of thiazole rings is 1. The molecule has 2 aromatic rings. The van der Waals surface area contributed by atoms with E-state index in [1.807, 2.05) is 30.3 Å². The van der Waals surface area contributed by atoms with Crippen LogP contribution >= 0.6 is 11.3 Å². The molecule has 2 N–H and O–H groups in total. The van der Waals surface area contributed by atoms with Crippen LogP contribution in [0.1, 0.15) is 16.3 Å². The molecule has 1 heterocycles. The molecule has 0 aliphatic carbocycles. The first-order valence-electron chi connectivity index (χ1n) is 6.83. The molecule has 0 bridgehead atoms. The fourth-order valence-electron chi connectivity index (χ4n) is 2.03. The van der Waals surface area contributed by atoms with Crippen LogP contribution in [0.25, 0.3) is 0 Å². The topological polar surface area (TPSA) is 59.2 Å². The van der Waals surface area contributed by atoms with E-state index in [0.29, 0.717) is 6.42 Å². The number of alkyl halides is 3. The summed E-state index contributed by atoms with van der Waals surface area (Å²) in [5, 5.41) is 1.16. The highest BCUT2D eigenvalue weighted by atomic mass is 32.1. The van der Waals surface area contributed by atoms with Crippen LogP contribution in [0.2, 0.25) is 0 Å². The summed E-state index contributed by atoms with van der Waals surface area (Å²) in [7, 11) is 1.50. The number of benzene rings is 1. The number of nitrogens with zero attached hydrogens (tertiary/aromatic N) is 2. The van der Waals surface area contributed by atoms with Crippen molar-refractivity contribution in [1.29, 1.82) is 0 Å². The number of hydrogen-bond acceptors (Lipinski definition) is 4. The summed E-state index contributed by atoms with van der Waals surface area (Å²) in [6.45, 7) is 0.00205. The molecular formula is C15H16F3N3OS. The third kappa shape index (κ3) is 4.77. The summed E-state index contributed by atoms with van der Waals surface area (Å²) < 4.78 is 37.5. The van der Waals surface area contributed by atoms with Crippen LogP contribution in [0.5, 0.6) is 0 Å². The van der Waals surface area contributed by atoms with Gasteiger partial charge in [-0.3, -0.25) is 4.79 Å². The van der Waals surface area contributed by atoms with Gasteiger partial charge in [-0.2, -0.15) is 13.2 Å². The highest BCUT2D eigenvalue weighted by Gasteiger charge is 2.34. The molecule has 1 aromatic heterocycles. The molecule has 4 nitrogen and oxygen atoms in total. The van der Waals surface area contributed by atoms with Gasteiger partial charge in [0.25, 0.3) is 0 Å². The normalized spacial score (nSPS) is 12.9. The van der Waals surface area contributed by atoms with Gasteiger partial charge in [-0.05, 0) is 12.0 Å². The van der Waals surface area contributed by atoms with Crippen molar-refractivity contribution in [2.24, 2.45) is 5.73 Å². The molecule has 0 aliphatic rings. The van der Waals surface area contributed by atoms with Crippen molar-refractivity contribution in [1.82, 2.24) is 9.88 Å². The fourth-order valence-corrected chi connectivity index (χ4v) is 2.89. The maximum Gasteiger partial charge on any atom is 0.434 e. The lowest BCUT2D eigenvalue weighted by atomic mass is 10.1. The molecule has 0 saturated heterocycles. The zero-order valence-corrected chi connectivity index (χ0v) is 13.2. The van der Waals surface area contributed by atoms with E-state index in [0.717, 1.165) is 22.3 Å². The van der Waals surface area contributed by atoms with Crippen molar-refractivity contribution in [2.45, 2.75) is 25.2 Å². The van der Waals surface area contributed by atoms with Crippen molar-refractivity contribution in [3.05, 3.63) is 52.0 Å². The van der Waals surface area contributed by atoms with E-state index in [4.69, 9.17) is 5.73 Å². The first kappa shape index (κ1) is 17.4. The monoisotopic (exact) mass is 343 g/mol. The minimum atomic E-state index is -4.47. The van der Waals surface area contributed by atoms with E-state index in [-0.39, 0.29) is 17.5 Å². The molecule has 1 amide bonds. The number of likely N-dealkylation sites (N-methyl/N-ethyl adjacent to an activating group) is 1. The minimum Gasteiger partial charge on any atom is -0.338 e. The quantitative estimate of drug-likeness (QED) is 0.908. The number of rotatable bonds is 5. The maximum atomic E-state index is 12.5. The standard InChI is InChI=1S/C15H16F3N3OS/c1-21(8-13-20-12(9-23-13)15(16,17)18)14(22)11(19)7-10-5-3-2-4-6-10/h2-6,9,11H,7-8,19H2,1H3. The number of aromatic nitrogens is 1. The fraction of sp³-hybridized carbons (Fsp3) is 0.333. The number of carbonyl (C=O) groups is 1. The van der Waals surface area contributed by atoms with Gasteiger partial charge in [-0.25, -0.2) is 4.98 Å². The van der Waals surface area contributed by atoms with Crippen LogP contribution in [0.15, 0.2) is 35.7 Å². The lowest BCUT2D eigenvalue weighted by Gasteiger charge is -2.20. The highest BCUT2D eigenvalue weighted by Crippen LogP contribution is 2.30. The zero-order chi connectivity index (χ0) is 17.0. The van der Waals surface area contributed by atoms with Gasteiger partial charge in [0.1, 0.15) is 5.01 Å². The van der Waals surface area contributed by atoms with Gasteiger partial charge in [0, 0.05) is 12.4 Å². The van der Waals surface area contributed by atoms with Gasteiger partial charge in [-0.1, -0.05) is 30.3 Å². The Morgan fingerprint density at radius 3 is 2.57 bits per heavy atom. The van der Waals surface area contributed by atoms with Crippen LogP contribution in [0.3, 0.4) is 0 Å². The Bertz CT molecular complexity index is 657. The van der Waals surface area contributed by atoms with Crippen molar-refractivity contribution < 1.29 is 18.0 Å². The van der Waals surface area contributed by atoms with Crippen molar-refractivity contribution >= 4 is 17.2 Å². The Morgan fingerprint density at radius 1 is 1.35 bits per heavy atom. The average molecular weight is 343 g/mol. The summed E-state index contributed by atoms with van der Waals surface area (Å²) in [5.74, 6) is -0.336. The number of amides is 1. The van der Waals surface area contributed by atoms with E-state index in [1.165, 1.54) is 11.9 Å². The van der Waals surface area contributed by atoms with Crippen molar-refractivity contribution in [3.63, 3.8) is 0 Å². The van der Waals surface area contributed by atoms with Gasteiger partial charge in [0.15, 0.2) is 5.69 Å². The number of halogens is 3. The maximum absolute atomic E-state index is 12.5. The predicted molar refractivity (Wildman–Crippen MR) is 81.7 cm³/mol. The van der Waals surface area contributed by atoms with E-state index in [1.54, 1.807) is 0 Å². The molecular weight excluding hydrogens is 327 g/mol. The Labute approximate surface area is 135 Å². The van der Waals surface area contributed by atoms with Gasteiger partial charge in [0.2, 0.25) is 5.91 Å². The van der Waals surface area contributed by atoms with Crippen LogP contribution in [0.4, 0.5) is 13.2 Å². The van der Waals surface area contributed by atoms with Crippen LogP contribution < -0.4 is 5.73 Å². The second-order valence-electron chi connectivity index (χ2n) is 5.11. The van der Waals surface area contributed by atoms with E-state index in [9.17, 15) is 18.0 Å². The SMILES string of the molecule is CN(Cc1nc(C(F)(F)F)cs1)C(=O)C(N)Cc1ccccc1. The first-order valence-corrected chi connectivity index (χ1v) is 7.71. The third-order valence-corrected chi connectivity index (χ3v) is 4.04. The van der Waals surface area contributed by atoms with E-state index < -0.39 is 17.9 Å². The summed E-state index contributed by atoms with van der Waals surface area (Å²) >= 11 is 0.872. The van der Waals surface area contributed by atoms with Gasteiger partial charge in [0.05, 0.1) is 12.6 Å². The molecule has 8 heteroatoms. The molecule has 0 radical (unpaired) electrons. The summed E-state index contributed by atoms with van der Waals surface area (Å²) in [6, 6.07) is 8.55. The molecule has 1 aromatic carbocycles. The Hall–Kier alpha value is -1.93. The Kier molecular flexibility index (Phi) is 5.38. The number of hydrogen-bond donors (Lipinski definition) is 1. The highest BCUT2D eigenvalue weighted by molar-refractivity contribution is 7.09. The Morgan fingerprint density at radius 2 is 2.00 bits per heavy atom. The van der Waals surface area contributed by atoms with Crippen molar-refractivity contribution in [2.75, 3.05) is 7.05 Å². The van der Waals surface area contributed by atoms with Gasteiger partial charge < -0.3 is 10.6 Å². The molecule has 23 heavy (non-hydrogen) atoms. The predicted octanol–water partition coefficient (Wildman–Crippen LogP) is 2.69. The molecule has 124 valence electrons. The lowest BCUT2D eigenvalue weighted by molar-refractivity contribution is -0.140. The molecule has 2 rings (SSSR count). The third-order valence-electron chi connectivity index (χ3n) is 3.21. The summed E-state index contributed by atoms with van der Waals surface area (Å²) in [5.41, 5.74) is 5.88. The van der Waals surface area contributed by atoms with Gasteiger partial charge >= 0.3 is 6.18 Å². The molecule has 1 atom stereocenters. The second-order valence-corrected chi connectivity index (χ2v) is 6.06. The molecule has 0 aliphatic heterocycles. The minimum absolute atomic E-state index is 0.00205. The molecule has 0 spiro atoms. The van der Waals surface area contributed by atoms with E-state index in [2.05, 4.69) is 4.98 Å². The molecule has 1 unspecified atom stereocenters. The number of carbonyl (C=O) groups excluding carboxylic acids is 1. The van der Waals surface area contributed by atoms with Crippen LogP contribution in [-0.2, 0) is 23.9 Å². The first-order chi connectivity index (χ1) is 10.8. The van der Waals surface area contributed by atoms with Crippen LogP contribution in [-0.4, -0.2) is 28.9 Å². The van der Waals surface area contributed by atoms with Gasteiger partial charge in [-0.15, -0.1) is 11.3 Å². The van der Waals surface area contributed by atoms with E-state index >= 15 is 0 Å². The summed E-state index contributed by atoms with van der Waals surface area (Å²) in [6.07, 6.45) is -4.10. The average Bonchev–Trinajstić information content (AvgIpc) is 2.96. The summed E-state index contributed by atoms with van der Waals surface area (Å²) in [4.78, 5) is 17.0. The second kappa shape index (κ2) is 7.10. The zero-order valence-electron chi connectivity index (χ0n) is 12.4.